The number of Topliss-reactive ketones (excluding diaryl/α,β-unsaturated/α-hetero) is 1. The summed E-state index contributed by atoms with van der Waals surface area (Å²) in [5.74, 6) is 1.50. The number of furan rings is 1. The number of esters is 1. The van der Waals surface area contributed by atoms with Gasteiger partial charge < -0.3 is 23.4 Å². The highest BCUT2D eigenvalue weighted by molar-refractivity contribution is 6.15. The Morgan fingerprint density at radius 3 is 2.61 bits per heavy atom. The first-order valence-corrected chi connectivity index (χ1v) is 9.67. The Labute approximate surface area is 177 Å². The molecule has 0 bridgehead atoms. The molecule has 7 heteroatoms. The van der Waals surface area contributed by atoms with E-state index in [2.05, 4.69) is 0 Å². The number of rotatable bonds is 4. The molecule has 0 fully saturated rings. The molecule has 0 spiro atoms. The molecule has 3 aromatic rings. The number of carbonyl (C=O) groups is 2. The predicted octanol–water partition coefficient (Wildman–Crippen LogP) is 4.35. The molecule has 7 nitrogen and oxygen atoms in total. The molecule has 0 aliphatic carbocycles. The lowest BCUT2D eigenvalue weighted by molar-refractivity contribution is -0.135. The fourth-order valence-corrected chi connectivity index (χ4v) is 4.01. The zero-order valence-corrected chi connectivity index (χ0v) is 16.8. The van der Waals surface area contributed by atoms with E-state index < -0.39 is 5.92 Å². The Bertz CT molecular complexity index is 1220. The summed E-state index contributed by atoms with van der Waals surface area (Å²) in [6.45, 7) is 0. The summed E-state index contributed by atoms with van der Waals surface area (Å²) in [4.78, 5) is 25.2. The van der Waals surface area contributed by atoms with Gasteiger partial charge in [-0.2, -0.15) is 0 Å². The van der Waals surface area contributed by atoms with Crippen molar-refractivity contribution in [3.05, 3.63) is 76.9 Å². The van der Waals surface area contributed by atoms with Gasteiger partial charge in [-0.3, -0.25) is 9.59 Å². The minimum Gasteiger partial charge on any atom is -0.493 e. The molecule has 2 aromatic carbocycles. The topological polar surface area (TPSA) is 84.2 Å². The first-order chi connectivity index (χ1) is 15.1. The average molecular weight is 418 g/mol. The van der Waals surface area contributed by atoms with E-state index >= 15 is 0 Å². The monoisotopic (exact) mass is 418 g/mol. The van der Waals surface area contributed by atoms with Crippen LogP contribution < -0.4 is 18.9 Å². The van der Waals surface area contributed by atoms with Gasteiger partial charge in [0.25, 0.3) is 0 Å². The Kier molecular flexibility index (Phi) is 4.51. The summed E-state index contributed by atoms with van der Waals surface area (Å²) < 4.78 is 27.8. The van der Waals surface area contributed by atoms with E-state index in [0.29, 0.717) is 45.4 Å². The molecule has 0 N–H and O–H groups in total. The number of ketones is 1. The number of fused-ring (bicyclic) bond motifs is 3. The van der Waals surface area contributed by atoms with Gasteiger partial charge in [0, 0.05) is 11.1 Å². The lowest BCUT2D eigenvalue weighted by Crippen LogP contribution is -2.21. The largest absolute Gasteiger partial charge is 0.493 e. The van der Waals surface area contributed by atoms with Crippen LogP contribution in [0.4, 0.5) is 0 Å². The first-order valence-electron chi connectivity index (χ1n) is 9.67. The second kappa shape index (κ2) is 7.36. The highest BCUT2D eigenvalue weighted by Crippen LogP contribution is 2.49. The normalized spacial score (nSPS) is 18.3. The number of hydrogen-bond acceptors (Lipinski definition) is 7. The van der Waals surface area contributed by atoms with Gasteiger partial charge >= 0.3 is 5.97 Å². The van der Waals surface area contributed by atoms with Crippen LogP contribution in [0.3, 0.4) is 0 Å². The maximum absolute atomic E-state index is 13.1. The number of benzene rings is 2. The van der Waals surface area contributed by atoms with Gasteiger partial charge in [-0.15, -0.1) is 0 Å². The van der Waals surface area contributed by atoms with Gasteiger partial charge in [0.2, 0.25) is 5.78 Å². The Morgan fingerprint density at radius 2 is 1.87 bits per heavy atom. The lowest BCUT2D eigenvalue weighted by Gasteiger charge is -2.24. The fourth-order valence-electron chi connectivity index (χ4n) is 4.01. The predicted molar refractivity (Wildman–Crippen MR) is 110 cm³/mol. The summed E-state index contributed by atoms with van der Waals surface area (Å²) in [6.07, 6.45) is 3.26. The second-order valence-electron chi connectivity index (χ2n) is 7.12. The van der Waals surface area contributed by atoms with Crippen molar-refractivity contribution in [1.29, 1.82) is 0 Å². The van der Waals surface area contributed by atoms with E-state index in [4.69, 9.17) is 23.4 Å². The Balaban J connectivity index is 1.61. The van der Waals surface area contributed by atoms with Crippen molar-refractivity contribution in [3.8, 4) is 23.0 Å². The molecule has 5 rings (SSSR count). The highest BCUT2D eigenvalue weighted by Gasteiger charge is 2.39. The fraction of sp³-hybridized carbons (Fsp3) is 0.167. The minimum atomic E-state index is -0.403. The van der Waals surface area contributed by atoms with E-state index in [0.717, 1.165) is 0 Å². The first kappa shape index (κ1) is 19.0. The molecule has 0 radical (unpaired) electrons. The van der Waals surface area contributed by atoms with Gasteiger partial charge in [-0.05, 0) is 36.4 Å². The molecule has 0 saturated carbocycles. The Morgan fingerprint density at radius 1 is 1.00 bits per heavy atom. The van der Waals surface area contributed by atoms with Gasteiger partial charge in [0.1, 0.15) is 17.3 Å². The van der Waals surface area contributed by atoms with Crippen molar-refractivity contribution < 1.29 is 33.0 Å². The summed E-state index contributed by atoms with van der Waals surface area (Å²) >= 11 is 0. The average Bonchev–Trinajstić information content (AvgIpc) is 3.41. The molecule has 1 unspecified atom stereocenters. The molecule has 1 atom stereocenters. The quantitative estimate of drug-likeness (QED) is 0.354. The number of para-hydroxylation sites is 1. The number of methoxy groups -OCH3 is 2. The summed E-state index contributed by atoms with van der Waals surface area (Å²) in [6, 6.07) is 12.2. The van der Waals surface area contributed by atoms with Crippen LogP contribution in [0, 0.1) is 0 Å². The third-order valence-electron chi connectivity index (χ3n) is 5.39. The van der Waals surface area contributed by atoms with Crippen LogP contribution in [0.2, 0.25) is 0 Å². The van der Waals surface area contributed by atoms with Crippen LogP contribution in [0.1, 0.15) is 39.6 Å². The second-order valence-corrected chi connectivity index (χ2v) is 7.12. The maximum Gasteiger partial charge on any atom is 0.312 e. The van der Waals surface area contributed by atoms with Crippen LogP contribution in [-0.4, -0.2) is 26.0 Å². The molecule has 2 aliphatic heterocycles. The van der Waals surface area contributed by atoms with E-state index in [1.165, 1.54) is 7.11 Å². The number of allylic oxidation sites excluding steroid dienone is 1. The molecular weight excluding hydrogens is 400 g/mol. The zero-order valence-electron chi connectivity index (χ0n) is 16.8. The number of hydrogen-bond donors (Lipinski definition) is 0. The molecule has 1 aromatic heterocycles. The number of carbonyl (C=O) groups excluding carboxylic acids is 2. The van der Waals surface area contributed by atoms with E-state index in [1.54, 1.807) is 61.9 Å². The third-order valence-corrected chi connectivity index (χ3v) is 5.39. The standard InChI is InChI=1S/C24H18O7/c1-27-18-6-3-5-13(23(18)28-2)11-19-22(26)14-8-9-17-21(24(14)31-19)15(12-20(25)30-17)16-7-4-10-29-16/h3-11,15H,12H2,1-2H3. The number of ether oxygens (including phenoxy) is 4. The third kappa shape index (κ3) is 3.06. The van der Waals surface area contributed by atoms with Gasteiger partial charge in [-0.25, -0.2) is 0 Å². The van der Waals surface area contributed by atoms with Gasteiger partial charge in [0.15, 0.2) is 17.3 Å². The van der Waals surface area contributed by atoms with Crippen LogP contribution in [0.25, 0.3) is 6.08 Å². The maximum atomic E-state index is 13.1. The van der Waals surface area contributed by atoms with Crippen LogP contribution in [0.15, 0.2) is 58.9 Å². The lowest BCUT2D eigenvalue weighted by atomic mass is 9.88. The van der Waals surface area contributed by atoms with E-state index in [1.807, 2.05) is 0 Å². The van der Waals surface area contributed by atoms with Gasteiger partial charge in [-0.1, -0.05) is 12.1 Å². The summed E-state index contributed by atoms with van der Waals surface area (Å²) in [5.41, 5.74) is 1.67. The van der Waals surface area contributed by atoms with Crippen molar-refractivity contribution in [1.82, 2.24) is 0 Å². The Hall–Kier alpha value is -4.00. The molecule has 31 heavy (non-hydrogen) atoms. The van der Waals surface area contributed by atoms with E-state index in [9.17, 15) is 9.59 Å². The zero-order chi connectivity index (χ0) is 21.5. The van der Waals surface area contributed by atoms with Crippen molar-refractivity contribution in [2.75, 3.05) is 14.2 Å². The summed E-state index contributed by atoms with van der Waals surface area (Å²) in [7, 11) is 3.08. The summed E-state index contributed by atoms with van der Waals surface area (Å²) in [5, 5.41) is 0. The van der Waals surface area contributed by atoms with Gasteiger partial charge in [0.05, 0.1) is 38.4 Å². The van der Waals surface area contributed by atoms with Crippen molar-refractivity contribution in [2.24, 2.45) is 0 Å². The minimum absolute atomic E-state index is 0.0945. The molecule has 0 amide bonds. The van der Waals surface area contributed by atoms with Crippen LogP contribution >= 0.6 is 0 Å². The molecule has 3 heterocycles. The molecular formula is C24H18O7. The van der Waals surface area contributed by atoms with E-state index in [-0.39, 0.29) is 23.9 Å². The van der Waals surface area contributed by atoms with Crippen molar-refractivity contribution in [2.45, 2.75) is 12.3 Å². The van der Waals surface area contributed by atoms with Crippen LogP contribution in [-0.2, 0) is 4.79 Å². The highest BCUT2D eigenvalue weighted by atomic mass is 16.5. The van der Waals surface area contributed by atoms with Crippen molar-refractivity contribution in [3.63, 3.8) is 0 Å². The smallest absolute Gasteiger partial charge is 0.312 e. The van der Waals surface area contributed by atoms with Crippen LogP contribution in [0.5, 0.6) is 23.0 Å². The molecule has 156 valence electrons. The van der Waals surface area contributed by atoms with Crippen molar-refractivity contribution >= 4 is 17.8 Å². The molecule has 0 saturated heterocycles. The molecule has 2 aliphatic rings. The SMILES string of the molecule is COc1cccc(C=C2Oc3c(ccc4c3C(c3ccco3)CC(=O)O4)C2=O)c1OC.